The Morgan fingerprint density at radius 3 is 2.76 bits per heavy atom. The largest absolute Gasteiger partial charge is 0.478 e. The number of fused-ring (bicyclic) bond motifs is 1. The van der Waals surface area contributed by atoms with E-state index in [0.29, 0.717) is 28.1 Å². The molecule has 3 aliphatic rings. The molecular formula is C30H30ClFN4O4S. The van der Waals surface area contributed by atoms with Crippen LogP contribution in [0.5, 0.6) is 5.88 Å². The van der Waals surface area contributed by atoms with Gasteiger partial charge >= 0.3 is 5.97 Å². The third kappa shape index (κ3) is 6.55. The number of ether oxygens (including phenoxy) is 2. The molecule has 0 aliphatic carbocycles. The number of halogens is 2. The minimum Gasteiger partial charge on any atom is -0.478 e. The van der Waals surface area contributed by atoms with Crippen LogP contribution in [-0.4, -0.2) is 59.4 Å². The van der Waals surface area contributed by atoms with Crippen LogP contribution in [0, 0.1) is 5.82 Å². The molecular weight excluding hydrogens is 567 g/mol. The highest BCUT2D eigenvalue weighted by molar-refractivity contribution is 7.98. The zero-order chi connectivity index (χ0) is 28.3. The summed E-state index contributed by atoms with van der Waals surface area (Å²) < 4.78 is 26.0. The van der Waals surface area contributed by atoms with Crippen molar-refractivity contribution >= 4 is 40.7 Å². The zero-order valence-corrected chi connectivity index (χ0v) is 23.8. The summed E-state index contributed by atoms with van der Waals surface area (Å²) in [6.07, 6.45) is 4.95. The van der Waals surface area contributed by atoms with Crippen molar-refractivity contribution in [3.05, 3.63) is 88.7 Å². The lowest BCUT2D eigenvalue weighted by molar-refractivity contribution is -0.0437. The fourth-order valence-corrected chi connectivity index (χ4v) is 6.06. The second-order valence-electron chi connectivity index (χ2n) is 10.3. The van der Waals surface area contributed by atoms with Crippen LogP contribution in [0.4, 0.5) is 15.8 Å². The van der Waals surface area contributed by atoms with Crippen molar-refractivity contribution in [3.63, 3.8) is 0 Å². The first-order valence-electron chi connectivity index (χ1n) is 13.6. The minimum absolute atomic E-state index is 0.0418. The van der Waals surface area contributed by atoms with Crippen LogP contribution in [0.15, 0.2) is 71.5 Å². The van der Waals surface area contributed by atoms with Crippen molar-refractivity contribution < 1.29 is 23.8 Å². The predicted molar refractivity (Wildman–Crippen MR) is 157 cm³/mol. The van der Waals surface area contributed by atoms with Gasteiger partial charge in [-0.15, -0.1) is 11.8 Å². The van der Waals surface area contributed by atoms with Crippen LogP contribution in [0.1, 0.15) is 35.3 Å². The van der Waals surface area contributed by atoms with Gasteiger partial charge in [0, 0.05) is 60.5 Å². The van der Waals surface area contributed by atoms with E-state index in [0.717, 1.165) is 61.8 Å². The van der Waals surface area contributed by atoms with Gasteiger partial charge in [-0.25, -0.2) is 14.2 Å². The summed E-state index contributed by atoms with van der Waals surface area (Å²) in [5.74, 6) is 0.735. The molecule has 8 nitrogen and oxygen atoms in total. The molecule has 214 valence electrons. The molecule has 3 aliphatic heterocycles. The third-order valence-corrected chi connectivity index (χ3v) is 8.71. The van der Waals surface area contributed by atoms with Crippen molar-refractivity contribution in [2.24, 2.45) is 0 Å². The Morgan fingerprint density at radius 1 is 1.20 bits per heavy atom. The number of nitrogens with zero attached hydrogens (tertiary/aromatic N) is 3. The van der Waals surface area contributed by atoms with E-state index < -0.39 is 5.97 Å². The smallest absolute Gasteiger partial charge is 0.335 e. The van der Waals surface area contributed by atoms with Gasteiger partial charge in [-0.3, -0.25) is 0 Å². The highest BCUT2D eigenvalue weighted by Crippen LogP contribution is 2.38. The van der Waals surface area contributed by atoms with Crippen LogP contribution >= 0.6 is 23.4 Å². The van der Waals surface area contributed by atoms with Gasteiger partial charge < -0.3 is 29.7 Å². The number of pyridine rings is 1. The number of benzene rings is 2. The summed E-state index contributed by atoms with van der Waals surface area (Å²) in [6.45, 7) is 3.05. The van der Waals surface area contributed by atoms with Gasteiger partial charge in [-0.2, -0.15) is 0 Å². The monoisotopic (exact) mass is 596 g/mol. The lowest BCUT2D eigenvalue weighted by Gasteiger charge is -2.34. The van der Waals surface area contributed by atoms with Crippen LogP contribution in [-0.2, 0) is 10.5 Å². The molecule has 1 atom stereocenters. The number of aromatic nitrogens is 1. The van der Waals surface area contributed by atoms with E-state index in [-0.39, 0.29) is 23.6 Å². The summed E-state index contributed by atoms with van der Waals surface area (Å²) in [5, 5.41) is 13.3. The first-order chi connectivity index (χ1) is 19.9. The average molecular weight is 597 g/mol. The van der Waals surface area contributed by atoms with Gasteiger partial charge in [-0.1, -0.05) is 17.7 Å². The molecule has 41 heavy (non-hydrogen) atoms. The molecule has 2 N–H and O–H groups in total. The maximum Gasteiger partial charge on any atom is 0.335 e. The van der Waals surface area contributed by atoms with E-state index in [9.17, 15) is 14.3 Å². The molecule has 11 heteroatoms. The molecule has 0 saturated carbocycles. The molecule has 0 spiro atoms. The van der Waals surface area contributed by atoms with Gasteiger partial charge in [0.05, 0.1) is 35.3 Å². The fourth-order valence-electron chi connectivity index (χ4n) is 5.07. The van der Waals surface area contributed by atoms with Crippen molar-refractivity contribution in [2.75, 3.05) is 36.5 Å². The van der Waals surface area contributed by atoms with Gasteiger partial charge in [0.1, 0.15) is 17.7 Å². The molecule has 2 saturated heterocycles. The zero-order valence-electron chi connectivity index (χ0n) is 22.3. The molecule has 2 aromatic carbocycles. The minimum atomic E-state index is -0.943. The van der Waals surface area contributed by atoms with Crippen molar-refractivity contribution in [3.8, 4) is 5.88 Å². The molecule has 2 fully saturated rings. The number of hydrogen-bond acceptors (Lipinski definition) is 8. The van der Waals surface area contributed by atoms with Gasteiger partial charge in [0.15, 0.2) is 0 Å². The maximum atomic E-state index is 14.1. The highest BCUT2D eigenvalue weighted by atomic mass is 35.5. The quantitative estimate of drug-likeness (QED) is 0.279. The molecule has 0 amide bonds. The number of likely N-dealkylation sites (tertiary alicyclic amines) is 1. The molecule has 0 unspecified atom stereocenters. The van der Waals surface area contributed by atoms with E-state index in [1.54, 1.807) is 24.3 Å². The Balaban J connectivity index is 1.06. The number of piperidine rings is 1. The van der Waals surface area contributed by atoms with Gasteiger partial charge in [0.2, 0.25) is 5.88 Å². The first-order valence-corrected chi connectivity index (χ1v) is 15.0. The SMILES string of the molecule is O=C(O)c1ccc2c(c1)N(C[C@@H]1CCO1)C(=CN1CCC(Oc3cccc(CSc4ccc(Cl)cc4F)n3)CC1)N2. The Hall–Kier alpha value is -3.47. The Labute approximate surface area is 247 Å². The van der Waals surface area contributed by atoms with Crippen LogP contribution < -0.4 is 15.0 Å². The number of carboxylic acids is 1. The van der Waals surface area contributed by atoms with Crippen molar-refractivity contribution in [1.82, 2.24) is 9.88 Å². The van der Waals surface area contributed by atoms with Crippen LogP contribution in [0.2, 0.25) is 5.02 Å². The average Bonchev–Trinajstić information content (AvgIpc) is 3.27. The number of carbonyl (C=O) groups is 1. The van der Waals surface area contributed by atoms with E-state index in [1.807, 2.05) is 24.3 Å². The fraction of sp³-hybridized carbons (Fsp3) is 0.333. The van der Waals surface area contributed by atoms with Gasteiger partial charge in [-0.05, 0) is 48.9 Å². The second-order valence-corrected chi connectivity index (χ2v) is 11.7. The molecule has 1 aromatic heterocycles. The number of nitrogens with one attached hydrogen (secondary N) is 1. The topological polar surface area (TPSA) is 87.2 Å². The Bertz CT molecular complexity index is 1460. The lowest BCUT2D eigenvalue weighted by Crippen LogP contribution is -2.40. The summed E-state index contributed by atoms with van der Waals surface area (Å²) in [6, 6.07) is 15.5. The second kappa shape index (κ2) is 12.2. The Morgan fingerprint density at radius 2 is 2.02 bits per heavy atom. The number of hydrogen-bond donors (Lipinski definition) is 2. The third-order valence-electron chi connectivity index (χ3n) is 7.39. The van der Waals surface area contributed by atoms with E-state index in [4.69, 9.17) is 21.1 Å². The number of rotatable bonds is 9. The standard InChI is InChI=1S/C30H30ClFN4O4S/c31-20-5-7-27(24(32)15-20)41-18-21-2-1-3-29(33-21)40-22-8-11-35(12-9-22)17-28-34-25-6-4-19(30(37)38)14-26(25)36(28)16-23-10-13-39-23/h1-7,14-15,17,22-23,34H,8-13,16,18H2,(H,37,38)/t23-/m0/s1. The first kappa shape index (κ1) is 27.7. The van der Waals surface area contributed by atoms with E-state index >= 15 is 0 Å². The summed E-state index contributed by atoms with van der Waals surface area (Å²) in [4.78, 5) is 21.1. The number of anilines is 2. The normalized spacial score (nSPS) is 19.6. The van der Waals surface area contributed by atoms with Crippen molar-refractivity contribution in [1.29, 1.82) is 0 Å². The number of carboxylic acid groups (broad SMARTS) is 1. The van der Waals surface area contributed by atoms with E-state index in [1.165, 1.54) is 17.8 Å². The number of aromatic carboxylic acids is 1. The molecule has 0 bridgehead atoms. The van der Waals surface area contributed by atoms with Crippen molar-refractivity contribution in [2.45, 2.75) is 42.1 Å². The highest BCUT2D eigenvalue weighted by Gasteiger charge is 2.31. The maximum absolute atomic E-state index is 14.1. The summed E-state index contributed by atoms with van der Waals surface area (Å²) in [7, 11) is 0. The molecule has 6 rings (SSSR count). The Kier molecular flexibility index (Phi) is 8.23. The molecule has 4 heterocycles. The van der Waals surface area contributed by atoms with E-state index in [2.05, 4.69) is 26.3 Å². The summed E-state index contributed by atoms with van der Waals surface area (Å²) in [5.41, 5.74) is 2.82. The lowest BCUT2D eigenvalue weighted by atomic mass is 10.1. The predicted octanol–water partition coefficient (Wildman–Crippen LogP) is 6.23. The molecule has 0 radical (unpaired) electrons. The van der Waals surface area contributed by atoms with Gasteiger partial charge in [0.25, 0.3) is 0 Å². The van der Waals surface area contributed by atoms with Crippen LogP contribution in [0.3, 0.4) is 0 Å². The van der Waals surface area contributed by atoms with Crippen LogP contribution in [0.25, 0.3) is 0 Å². The summed E-state index contributed by atoms with van der Waals surface area (Å²) >= 11 is 7.23. The molecule has 3 aromatic rings. The number of thioether (sulfide) groups is 1.